The van der Waals surface area contributed by atoms with Crippen molar-refractivity contribution in [1.82, 2.24) is 0 Å². The van der Waals surface area contributed by atoms with Gasteiger partial charge in [-0.1, -0.05) is 17.7 Å². The number of fused-ring (bicyclic) bond motifs is 2. The Morgan fingerprint density at radius 2 is 1.92 bits per heavy atom. The number of amides is 1. The molecule has 138 valence electrons. The van der Waals surface area contributed by atoms with Crippen LogP contribution in [0, 0.1) is 6.92 Å². The van der Waals surface area contributed by atoms with Crippen LogP contribution in [0.3, 0.4) is 0 Å². The van der Waals surface area contributed by atoms with Crippen molar-refractivity contribution >= 4 is 23.1 Å². The lowest BCUT2D eigenvalue weighted by Gasteiger charge is -2.43. The van der Waals surface area contributed by atoms with Crippen molar-refractivity contribution < 1.29 is 14.0 Å². The number of aryl methyl sites for hydroxylation is 1. The van der Waals surface area contributed by atoms with Gasteiger partial charge in [-0.3, -0.25) is 5.32 Å². The number of ether oxygens (including phenoxy) is 1. The molecule has 4 rings (SSSR count). The van der Waals surface area contributed by atoms with Gasteiger partial charge in [0.15, 0.2) is 0 Å². The lowest BCUT2D eigenvalue weighted by Crippen LogP contribution is -2.56. The summed E-state index contributed by atoms with van der Waals surface area (Å²) in [5.41, 5.74) is 3.05. The second-order valence-corrected chi connectivity index (χ2v) is 9.11. The summed E-state index contributed by atoms with van der Waals surface area (Å²) in [7, 11) is 4.64. The number of carbonyl (C=O) groups is 1. The third kappa shape index (κ3) is 3.26. The highest BCUT2D eigenvalue weighted by Gasteiger charge is 2.49. The zero-order chi connectivity index (χ0) is 18.3. The highest BCUT2D eigenvalue weighted by Crippen LogP contribution is 2.40. The number of hydrogen-bond acceptors (Lipinski definition) is 3. The summed E-state index contributed by atoms with van der Waals surface area (Å²) in [5, 5.41) is 5.04. The van der Waals surface area contributed by atoms with Crippen LogP contribution < -0.4 is 5.32 Å². The molecule has 2 aromatic rings. The van der Waals surface area contributed by atoms with Crippen molar-refractivity contribution in [3.8, 4) is 10.4 Å². The molecule has 2 bridgehead atoms. The monoisotopic (exact) mass is 371 g/mol. The van der Waals surface area contributed by atoms with Crippen LogP contribution in [0.4, 0.5) is 10.5 Å². The molecule has 1 aromatic carbocycles. The second-order valence-electron chi connectivity index (χ2n) is 8.16. The van der Waals surface area contributed by atoms with Crippen molar-refractivity contribution in [1.29, 1.82) is 0 Å². The fraction of sp³-hybridized carbons (Fsp3) is 0.476. The summed E-state index contributed by atoms with van der Waals surface area (Å²) in [6.07, 6.45) is 4.15. The number of hydrogen-bond donors (Lipinski definition) is 1. The van der Waals surface area contributed by atoms with Gasteiger partial charge in [0.25, 0.3) is 0 Å². The Morgan fingerprint density at radius 3 is 2.58 bits per heavy atom. The molecule has 4 nitrogen and oxygen atoms in total. The van der Waals surface area contributed by atoms with Crippen LogP contribution in [0.1, 0.15) is 31.2 Å². The van der Waals surface area contributed by atoms with E-state index in [-0.39, 0.29) is 12.2 Å². The summed E-state index contributed by atoms with van der Waals surface area (Å²) in [4.78, 5) is 13.7. The van der Waals surface area contributed by atoms with Crippen molar-refractivity contribution in [3.63, 3.8) is 0 Å². The largest absolute Gasteiger partial charge is 0.445 e. The summed E-state index contributed by atoms with van der Waals surface area (Å²) >= 11 is 1.68. The molecule has 0 spiro atoms. The Kier molecular flexibility index (Phi) is 4.53. The van der Waals surface area contributed by atoms with Gasteiger partial charge in [0.05, 0.1) is 31.9 Å². The minimum atomic E-state index is -0.330. The fourth-order valence-electron chi connectivity index (χ4n) is 4.62. The smallest absolute Gasteiger partial charge is 0.411 e. The number of nitrogens with zero attached hydrogens (tertiary/aromatic N) is 1. The Balaban J connectivity index is 1.45. The molecule has 26 heavy (non-hydrogen) atoms. The molecule has 0 aliphatic carbocycles. The lowest BCUT2D eigenvalue weighted by molar-refractivity contribution is -0.931. The quantitative estimate of drug-likeness (QED) is 0.768. The first kappa shape index (κ1) is 17.6. The first-order valence-electron chi connectivity index (χ1n) is 9.39. The van der Waals surface area contributed by atoms with Crippen LogP contribution in [0.5, 0.6) is 0 Å². The molecule has 0 saturated carbocycles. The highest BCUT2D eigenvalue weighted by molar-refractivity contribution is 7.13. The van der Waals surface area contributed by atoms with E-state index in [0.717, 1.165) is 33.5 Å². The number of quaternary nitrogens is 1. The lowest BCUT2D eigenvalue weighted by atomic mass is 9.98. The molecule has 1 amide bonds. The summed E-state index contributed by atoms with van der Waals surface area (Å²) in [5.74, 6) is 0. The average molecular weight is 372 g/mol. The second kappa shape index (κ2) is 6.71. The zero-order valence-electron chi connectivity index (χ0n) is 15.7. The molecule has 2 saturated heterocycles. The fourth-order valence-corrected chi connectivity index (χ4v) is 5.38. The number of piperidine rings is 1. The maximum atomic E-state index is 12.5. The van der Waals surface area contributed by atoms with Gasteiger partial charge in [-0.15, -0.1) is 11.3 Å². The van der Waals surface area contributed by atoms with E-state index in [2.05, 4.69) is 43.8 Å². The molecule has 1 unspecified atom stereocenters. The third-order valence-electron chi connectivity index (χ3n) is 6.26. The average Bonchev–Trinajstić information content (AvgIpc) is 3.13. The first-order chi connectivity index (χ1) is 12.4. The van der Waals surface area contributed by atoms with E-state index in [1.54, 1.807) is 11.3 Å². The van der Waals surface area contributed by atoms with E-state index in [4.69, 9.17) is 4.74 Å². The van der Waals surface area contributed by atoms with Gasteiger partial charge in [-0.05, 0) is 30.5 Å². The molecule has 1 N–H and O–H groups in total. The molecule has 3 heterocycles. The number of thiophene rings is 1. The number of carbonyl (C=O) groups excluding carboxylic acids is 1. The maximum absolute atomic E-state index is 12.5. The molecular formula is C21H27N2O2S+. The van der Waals surface area contributed by atoms with Crippen LogP contribution in [0.15, 0.2) is 35.7 Å². The van der Waals surface area contributed by atoms with Crippen molar-refractivity contribution in [2.45, 2.75) is 50.8 Å². The van der Waals surface area contributed by atoms with Gasteiger partial charge in [0, 0.05) is 36.1 Å². The molecule has 2 aliphatic rings. The topological polar surface area (TPSA) is 38.3 Å². The Labute approximate surface area is 159 Å². The minimum Gasteiger partial charge on any atom is -0.445 e. The van der Waals surface area contributed by atoms with Gasteiger partial charge in [0.2, 0.25) is 0 Å². The van der Waals surface area contributed by atoms with Crippen LogP contribution in [0.25, 0.3) is 10.4 Å². The minimum absolute atomic E-state index is 0.0364. The van der Waals surface area contributed by atoms with Crippen LogP contribution in [0.2, 0.25) is 0 Å². The molecule has 3 atom stereocenters. The van der Waals surface area contributed by atoms with E-state index in [1.807, 2.05) is 18.2 Å². The van der Waals surface area contributed by atoms with Crippen LogP contribution >= 0.6 is 11.3 Å². The Morgan fingerprint density at radius 1 is 1.19 bits per heavy atom. The molecular weight excluding hydrogens is 344 g/mol. The summed E-state index contributed by atoms with van der Waals surface area (Å²) < 4.78 is 6.90. The number of benzene rings is 1. The maximum Gasteiger partial charge on any atom is 0.411 e. The first-order valence-corrected chi connectivity index (χ1v) is 10.3. The highest BCUT2D eigenvalue weighted by atomic mass is 32.1. The predicted octanol–water partition coefficient (Wildman–Crippen LogP) is 5.04. The molecule has 1 aromatic heterocycles. The normalized spacial score (nSPS) is 26.5. The van der Waals surface area contributed by atoms with Gasteiger partial charge in [-0.2, -0.15) is 0 Å². The van der Waals surface area contributed by atoms with Gasteiger partial charge < -0.3 is 9.22 Å². The van der Waals surface area contributed by atoms with Crippen molar-refractivity contribution in [3.05, 3.63) is 41.3 Å². The summed E-state index contributed by atoms with van der Waals surface area (Å²) in [6, 6.07) is 11.4. The Hall–Kier alpha value is -1.85. The van der Waals surface area contributed by atoms with Crippen LogP contribution in [-0.2, 0) is 4.74 Å². The molecule has 2 aliphatic heterocycles. The van der Waals surface area contributed by atoms with E-state index in [0.29, 0.717) is 12.1 Å². The van der Waals surface area contributed by atoms with E-state index >= 15 is 0 Å². The standard InChI is InChI=1S/C21H26N2O2S/c1-14-6-9-19(18(11-14)20-5-4-10-26-20)22-21(24)25-17-12-15-7-8-16(13-17)23(15,2)3/h4-6,9-11,15-17H,7-8,12-13H2,1-3H3/p+1/t15-,16+,17?. The predicted molar refractivity (Wildman–Crippen MR) is 107 cm³/mol. The zero-order valence-corrected chi connectivity index (χ0v) is 16.5. The van der Waals surface area contributed by atoms with E-state index in [9.17, 15) is 4.79 Å². The van der Waals surface area contributed by atoms with Crippen LogP contribution in [-0.4, -0.2) is 42.9 Å². The van der Waals surface area contributed by atoms with E-state index in [1.165, 1.54) is 18.4 Å². The van der Waals surface area contributed by atoms with Gasteiger partial charge in [-0.25, -0.2) is 4.79 Å². The Bertz CT molecular complexity index is 784. The SMILES string of the molecule is Cc1ccc(NC(=O)OC2C[C@H]3CC[C@@H](C2)[N+]3(C)C)c(-c2cccs2)c1. The number of rotatable bonds is 3. The molecule has 5 heteroatoms. The summed E-state index contributed by atoms with van der Waals surface area (Å²) in [6.45, 7) is 2.07. The third-order valence-corrected chi connectivity index (χ3v) is 7.16. The number of anilines is 1. The van der Waals surface area contributed by atoms with Gasteiger partial charge in [0.1, 0.15) is 6.10 Å². The van der Waals surface area contributed by atoms with Crippen molar-refractivity contribution in [2.75, 3.05) is 19.4 Å². The van der Waals surface area contributed by atoms with E-state index < -0.39 is 0 Å². The number of nitrogens with one attached hydrogen (secondary N) is 1. The molecule has 2 fully saturated rings. The molecule has 0 radical (unpaired) electrons. The van der Waals surface area contributed by atoms with Crippen molar-refractivity contribution in [2.24, 2.45) is 0 Å². The van der Waals surface area contributed by atoms with Gasteiger partial charge >= 0.3 is 6.09 Å².